The first-order valence-electron chi connectivity index (χ1n) is 11.2. The second-order valence-corrected chi connectivity index (χ2v) is 8.58. The van der Waals surface area contributed by atoms with E-state index in [0.29, 0.717) is 6.04 Å². The molecule has 2 unspecified atom stereocenters. The van der Waals surface area contributed by atoms with Gasteiger partial charge in [-0.25, -0.2) is 0 Å². The van der Waals surface area contributed by atoms with Gasteiger partial charge in [-0.1, -0.05) is 24.3 Å². The molecule has 0 spiro atoms. The minimum atomic E-state index is 0. The highest BCUT2D eigenvalue weighted by molar-refractivity contribution is 14.0. The van der Waals surface area contributed by atoms with E-state index in [2.05, 4.69) is 79.5 Å². The van der Waals surface area contributed by atoms with Crippen LogP contribution in [0.5, 0.6) is 0 Å². The second-order valence-electron chi connectivity index (χ2n) is 8.58. The van der Waals surface area contributed by atoms with Gasteiger partial charge in [-0.3, -0.25) is 14.6 Å². The molecule has 1 aliphatic heterocycles. The molecule has 2 aromatic rings. The monoisotopic (exact) mass is 538 g/mol. The number of guanidine groups is 1. The Kier molecular flexibility index (Phi) is 9.81. The van der Waals surface area contributed by atoms with Crippen LogP contribution in [0.25, 0.3) is 0 Å². The van der Waals surface area contributed by atoms with E-state index in [1.54, 1.807) is 0 Å². The minimum Gasteiger partial charge on any atom is -0.357 e. The van der Waals surface area contributed by atoms with Gasteiger partial charge in [-0.15, -0.1) is 24.0 Å². The van der Waals surface area contributed by atoms with Crippen molar-refractivity contribution in [2.45, 2.75) is 66.1 Å². The van der Waals surface area contributed by atoms with Crippen LogP contribution in [0.4, 0.5) is 0 Å². The van der Waals surface area contributed by atoms with Gasteiger partial charge >= 0.3 is 0 Å². The van der Waals surface area contributed by atoms with E-state index < -0.39 is 0 Å². The highest BCUT2D eigenvalue weighted by atomic mass is 127. The van der Waals surface area contributed by atoms with Crippen LogP contribution in [0.1, 0.15) is 48.8 Å². The Hall–Kier alpha value is -1.61. The first-order chi connectivity index (χ1) is 14.4. The molecule has 2 N–H and O–H groups in total. The van der Waals surface area contributed by atoms with E-state index in [9.17, 15) is 0 Å². The lowest BCUT2D eigenvalue weighted by Crippen LogP contribution is -2.44. The lowest BCUT2D eigenvalue weighted by atomic mass is 9.99. The summed E-state index contributed by atoms with van der Waals surface area (Å²) in [7, 11) is 2.01. The fourth-order valence-corrected chi connectivity index (χ4v) is 4.26. The maximum Gasteiger partial charge on any atom is 0.191 e. The molecule has 0 bridgehead atoms. The normalized spacial score (nSPS) is 16.3. The smallest absolute Gasteiger partial charge is 0.191 e. The van der Waals surface area contributed by atoms with Crippen molar-refractivity contribution < 1.29 is 0 Å². The summed E-state index contributed by atoms with van der Waals surface area (Å²) >= 11 is 0. The Morgan fingerprint density at radius 2 is 1.90 bits per heavy atom. The van der Waals surface area contributed by atoms with Crippen molar-refractivity contribution in [3.05, 3.63) is 52.3 Å². The Bertz CT molecular complexity index is 875. The molecule has 172 valence electrons. The number of fused-ring (bicyclic) bond motifs is 1. The van der Waals surface area contributed by atoms with E-state index >= 15 is 0 Å². The molecule has 0 amide bonds. The first-order valence-corrected chi connectivity index (χ1v) is 11.2. The third kappa shape index (κ3) is 6.68. The summed E-state index contributed by atoms with van der Waals surface area (Å²) in [6, 6.07) is 9.49. The van der Waals surface area contributed by atoms with Crippen molar-refractivity contribution in [2.24, 2.45) is 12.0 Å². The van der Waals surface area contributed by atoms with Crippen LogP contribution in [0, 0.1) is 13.8 Å². The predicted molar refractivity (Wildman–Crippen MR) is 140 cm³/mol. The number of aromatic nitrogens is 2. The minimum absolute atomic E-state index is 0. The molecule has 2 heterocycles. The molecule has 3 rings (SSSR count). The molecule has 7 heteroatoms. The summed E-state index contributed by atoms with van der Waals surface area (Å²) in [6.07, 6.45) is 2.07. The van der Waals surface area contributed by atoms with Crippen molar-refractivity contribution in [2.75, 3.05) is 19.6 Å². The van der Waals surface area contributed by atoms with E-state index in [0.717, 1.165) is 50.7 Å². The number of hydrogen-bond donors (Lipinski definition) is 2. The van der Waals surface area contributed by atoms with Crippen LogP contribution in [0.2, 0.25) is 0 Å². The van der Waals surface area contributed by atoms with Gasteiger partial charge in [0.05, 0.1) is 12.2 Å². The Morgan fingerprint density at radius 3 is 2.55 bits per heavy atom. The summed E-state index contributed by atoms with van der Waals surface area (Å²) in [4.78, 5) is 7.45. The number of nitrogens with zero attached hydrogens (tertiary/aromatic N) is 4. The second kappa shape index (κ2) is 11.9. The highest BCUT2D eigenvalue weighted by Crippen LogP contribution is 2.20. The molecule has 1 aromatic heterocycles. The molecule has 0 saturated heterocycles. The van der Waals surface area contributed by atoms with Gasteiger partial charge in [0.15, 0.2) is 5.96 Å². The molecule has 0 aliphatic carbocycles. The third-order valence-electron chi connectivity index (χ3n) is 6.19. The maximum absolute atomic E-state index is 4.91. The van der Waals surface area contributed by atoms with E-state index in [-0.39, 0.29) is 30.0 Å². The molecule has 2 atom stereocenters. The van der Waals surface area contributed by atoms with Crippen molar-refractivity contribution in [3.63, 3.8) is 0 Å². The van der Waals surface area contributed by atoms with Gasteiger partial charge in [0.2, 0.25) is 0 Å². The van der Waals surface area contributed by atoms with E-state index in [1.807, 2.05) is 11.7 Å². The average Bonchev–Trinajstić information content (AvgIpc) is 2.97. The Balaban J connectivity index is 0.00000341. The molecular weight excluding hydrogens is 499 g/mol. The quantitative estimate of drug-likeness (QED) is 0.322. The van der Waals surface area contributed by atoms with Gasteiger partial charge in [-0.2, -0.15) is 5.10 Å². The van der Waals surface area contributed by atoms with Gasteiger partial charge in [0, 0.05) is 44.5 Å². The fourth-order valence-electron chi connectivity index (χ4n) is 4.26. The lowest BCUT2D eigenvalue weighted by molar-refractivity contribution is 0.195. The zero-order chi connectivity index (χ0) is 21.7. The summed E-state index contributed by atoms with van der Waals surface area (Å²) in [5.74, 6) is 0.897. The van der Waals surface area contributed by atoms with Crippen LogP contribution in [0.15, 0.2) is 29.3 Å². The number of rotatable bonds is 7. The SMILES string of the molecule is CCNC(=NCC(C)N1CCc2ccccc2C1)NC(C)Cc1c(C)nn(C)c1C.I. The van der Waals surface area contributed by atoms with Crippen molar-refractivity contribution >= 4 is 29.9 Å². The molecular formula is C24H39IN6. The largest absolute Gasteiger partial charge is 0.357 e. The zero-order valence-electron chi connectivity index (χ0n) is 19.9. The molecule has 1 aromatic carbocycles. The molecule has 0 radical (unpaired) electrons. The summed E-state index contributed by atoms with van der Waals surface area (Å²) in [6.45, 7) is 14.6. The average molecular weight is 539 g/mol. The van der Waals surface area contributed by atoms with Gasteiger partial charge in [-0.05, 0) is 64.2 Å². The topological polar surface area (TPSA) is 57.5 Å². The number of benzene rings is 1. The van der Waals surface area contributed by atoms with Crippen LogP contribution in [-0.4, -0.2) is 52.4 Å². The number of aliphatic imine (C=N–C) groups is 1. The fraction of sp³-hybridized carbons (Fsp3) is 0.583. The van der Waals surface area contributed by atoms with Crippen molar-refractivity contribution in [3.8, 4) is 0 Å². The van der Waals surface area contributed by atoms with Gasteiger partial charge in [0.25, 0.3) is 0 Å². The Labute approximate surface area is 204 Å². The summed E-state index contributed by atoms with van der Waals surface area (Å²) < 4.78 is 1.97. The van der Waals surface area contributed by atoms with E-state index in [4.69, 9.17) is 4.99 Å². The van der Waals surface area contributed by atoms with Crippen LogP contribution in [0.3, 0.4) is 0 Å². The lowest BCUT2D eigenvalue weighted by Gasteiger charge is -2.33. The van der Waals surface area contributed by atoms with Crippen molar-refractivity contribution in [1.29, 1.82) is 0 Å². The zero-order valence-corrected chi connectivity index (χ0v) is 22.2. The summed E-state index contributed by atoms with van der Waals surface area (Å²) in [5.41, 5.74) is 6.63. The standard InChI is InChI=1S/C24H38N6.HI/c1-7-25-24(27-17(2)14-23-19(4)28-29(6)20(23)5)26-15-18(3)30-13-12-21-10-8-9-11-22(21)16-30;/h8-11,17-18H,7,12-16H2,1-6H3,(H2,25,26,27);1H. The highest BCUT2D eigenvalue weighted by Gasteiger charge is 2.20. The number of aryl methyl sites for hydroxylation is 2. The van der Waals surface area contributed by atoms with Crippen molar-refractivity contribution in [1.82, 2.24) is 25.3 Å². The number of nitrogens with one attached hydrogen (secondary N) is 2. The number of halogens is 1. The van der Waals surface area contributed by atoms with Crippen LogP contribution < -0.4 is 10.6 Å². The van der Waals surface area contributed by atoms with Crippen LogP contribution >= 0.6 is 24.0 Å². The molecule has 0 fully saturated rings. The Morgan fingerprint density at radius 1 is 1.19 bits per heavy atom. The van der Waals surface area contributed by atoms with E-state index in [1.165, 1.54) is 22.4 Å². The number of hydrogen-bond acceptors (Lipinski definition) is 3. The van der Waals surface area contributed by atoms with Crippen LogP contribution in [-0.2, 0) is 26.4 Å². The van der Waals surface area contributed by atoms with Gasteiger partial charge in [0.1, 0.15) is 0 Å². The maximum atomic E-state index is 4.91. The molecule has 6 nitrogen and oxygen atoms in total. The van der Waals surface area contributed by atoms with Gasteiger partial charge < -0.3 is 10.6 Å². The predicted octanol–water partition coefficient (Wildman–Crippen LogP) is 3.59. The molecule has 31 heavy (non-hydrogen) atoms. The molecule has 0 saturated carbocycles. The summed E-state index contributed by atoms with van der Waals surface area (Å²) in [5, 5.41) is 11.5. The molecule has 1 aliphatic rings. The first kappa shape index (κ1) is 25.6. The third-order valence-corrected chi connectivity index (χ3v) is 6.19.